The van der Waals surface area contributed by atoms with Crippen molar-refractivity contribution in [2.45, 2.75) is 25.8 Å². The van der Waals surface area contributed by atoms with E-state index in [1.165, 1.54) is 17.7 Å². The predicted octanol–water partition coefficient (Wildman–Crippen LogP) is 2.17. The van der Waals surface area contributed by atoms with E-state index >= 15 is 0 Å². The van der Waals surface area contributed by atoms with Gasteiger partial charge in [0.2, 0.25) is 0 Å². The predicted molar refractivity (Wildman–Crippen MR) is 76.1 cm³/mol. The zero-order valence-corrected chi connectivity index (χ0v) is 12.6. The number of carbonyl (C=O) groups is 1. The third kappa shape index (κ3) is 2.55. The number of amides is 1. The zero-order chi connectivity index (χ0) is 14.1. The minimum Gasteiger partial charge on any atom is -0.335 e. The SMILES string of the molecule is Cc1sc(Cl)nc1C(=O)N1CCC[C@@H](n2cncn2)C1. The second-order valence-corrected chi connectivity index (χ2v) is 6.58. The van der Waals surface area contributed by atoms with Gasteiger partial charge in [-0.05, 0) is 19.8 Å². The van der Waals surface area contributed by atoms with Crippen molar-refractivity contribution in [1.29, 1.82) is 0 Å². The average Bonchev–Trinajstić information content (AvgIpc) is 3.08. The van der Waals surface area contributed by atoms with E-state index in [1.54, 1.807) is 6.33 Å². The molecule has 8 heteroatoms. The molecule has 1 atom stereocenters. The van der Waals surface area contributed by atoms with Crippen LogP contribution in [0.15, 0.2) is 12.7 Å². The summed E-state index contributed by atoms with van der Waals surface area (Å²) in [6.45, 7) is 3.25. The largest absolute Gasteiger partial charge is 0.335 e. The van der Waals surface area contributed by atoms with Crippen LogP contribution in [0.25, 0.3) is 0 Å². The van der Waals surface area contributed by atoms with Gasteiger partial charge in [-0.15, -0.1) is 11.3 Å². The summed E-state index contributed by atoms with van der Waals surface area (Å²) in [7, 11) is 0. The first-order valence-corrected chi connectivity index (χ1v) is 7.61. The molecule has 2 aromatic rings. The van der Waals surface area contributed by atoms with Gasteiger partial charge in [-0.2, -0.15) is 5.10 Å². The third-order valence-corrected chi connectivity index (χ3v) is 4.54. The smallest absolute Gasteiger partial charge is 0.273 e. The van der Waals surface area contributed by atoms with Gasteiger partial charge in [-0.25, -0.2) is 14.6 Å². The molecule has 3 rings (SSSR count). The maximum atomic E-state index is 12.5. The van der Waals surface area contributed by atoms with Gasteiger partial charge < -0.3 is 4.90 Å². The summed E-state index contributed by atoms with van der Waals surface area (Å²) >= 11 is 7.21. The molecule has 106 valence electrons. The molecule has 0 N–H and O–H groups in total. The number of aromatic nitrogens is 4. The Hall–Kier alpha value is -1.47. The normalized spacial score (nSPS) is 19.3. The fourth-order valence-electron chi connectivity index (χ4n) is 2.47. The molecule has 1 aliphatic heterocycles. The van der Waals surface area contributed by atoms with Gasteiger partial charge in [0, 0.05) is 18.0 Å². The lowest BCUT2D eigenvalue weighted by Gasteiger charge is -2.32. The van der Waals surface area contributed by atoms with Gasteiger partial charge in [0.1, 0.15) is 18.3 Å². The summed E-state index contributed by atoms with van der Waals surface area (Å²) < 4.78 is 2.23. The molecule has 0 unspecified atom stereocenters. The number of aryl methyl sites for hydroxylation is 1. The molecule has 1 fully saturated rings. The molecule has 6 nitrogen and oxygen atoms in total. The molecular weight excluding hydrogens is 298 g/mol. The van der Waals surface area contributed by atoms with Crippen LogP contribution in [0.5, 0.6) is 0 Å². The molecule has 3 heterocycles. The Labute approximate surface area is 125 Å². The highest BCUT2D eigenvalue weighted by Gasteiger charge is 2.28. The van der Waals surface area contributed by atoms with E-state index in [-0.39, 0.29) is 11.9 Å². The maximum absolute atomic E-state index is 12.5. The van der Waals surface area contributed by atoms with Crippen LogP contribution in [0.4, 0.5) is 0 Å². The molecule has 0 radical (unpaired) electrons. The van der Waals surface area contributed by atoms with Crippen LogP contribution < -0.4 is 0 Å². The number of rotatable bonds is 2. The molecule has 1 aliphatic rings. The monoisotopic (exact) mass is 311 g/mol. The van der Waals surface area contributed by atoms with E-state index in [0.717, 1.165) is 24.3 Å². The molecule has 0 bridgehead atoms. The number of thiazole rings is 1. The molecule has 20 heavy (non-hydrogen) atoms. The molecule has 0 aromatic carbocycles. The number of carbonyl (C=O) groups excluding carboxylic acids is 1. The topological polar surface area (TPSA) is 63.9 Å². The number of halogens is 1. The molecule has 1 amide bonds. The van der Waals surface area contributed by atoms with Crippen molar-refractivity contribution in [3.05, 3.63) is 27.7 Å². The highest BCUT2D eigenvalue weighted by Crippen LogP contribution is 2.26. The van der Waals surface area contributed by atoms with Crippen molar-refractivity contribution < 1.29 is 4.79 Å². The highest BCUT2D eigenvalue weighted by molar-refractivity contribution is 7.15. The Balaban J connectivity index is 1.77. The lowest BCUT2D eigenvalue weighted by atomic mass is 10.1. The van der Waals surface area contributed by atoms with Crippen LogP contribution in [-0.4, -0.2) is 43.6 Å². The highest BCUT2D eigenvalue weighted by atomic mass is 35.5. The number of hydrogen-bond acceptors (Lipinski definition) is 5. The first kappa shape index (κ1) is 13.5. The lowest BCUT2D eigenvalue weighted by Crippen LogP contribution is -2.41. The fourth-order valence-corrected chi connectivity index (χ4v) is 3.52. The van der Waals surface area contributed by atoms with Crippen molar-refractivity contribution in [1.82, 2.24) is 24.6 Å². The Bertz CT molecular complexity index is 611. The molecule has 1 saturated heterocycles. The maximum Gasteiger partial charge on any atom is 0.273 e. The molecular formula is C12H14ClN5OS. The Morgan fingerprint density at radius 2 is 2.40 bits per heavy atom. The van der Waals surface area contributed by atoms with Gasteiger partial charge in [0.15, 0.2) is 4.47 Å². The molecule has 0 saturated carbocycles. The quantitative estimate of drug-likeness (QED) is 0.852. The zero-order valence-electron chi connectivity index (χ0n) is 11.0. The molecule has 0 aliphatic carbocycles. The number of nitrogens with zero attached hydrogens (tertiary/aromatic N) is 5. The minimum absolute atomic E-state index is 0.0459. The van der Waals surface area contributed by atoms with Crippen LogP contribution in [0, 0.1) is 6.92 Å². The van der Waals surface area contributed by atoms with Crippen molar-refractivity contribution in [3.8, 4) is 0 Å². The summed E-state index contributed by atoms with van der Waals surface area (Å²) in [5.74, 6) is -0.0459. The van der Waals surface area contributed by atoms with E-state index in [1.807, 2.05) is 16.5 Å². The molecule has 0 spiro atoms. The second kappa shape index (κ2) is 5.49. The van der Waals surface area contributed by atoms with Crippen LogP contribution in [0.3, 0.4) is 0 Å². The summed E-state index contributed by atoms with van der Waals surface area (Å²) in [5.41, 5.74) is 0.472. The van der Waals surface area contributed by atoms with Gasteiger partial charge in [-0.3, -0.25) is 4.79 Å². The van der Waals surface area contributed by atoms with Gasteiger partial charge >= 0.3 is 0 Å². The van der Waals surface area contributed by atoms with Crippen LogP contribution in [0.2, 0.25) is 4.47 Å². The third-order valence-electron chi connectivity index (χ3n) is 3.47. The Morgan fingerprint density at radius 1 is 1.55 bits per heavy atom. The second-order valence-electron chi connectivity index (χ2n) is 4.79. The van der Waals surface area contributed by atoms with Crippen molar-refractivity contribution >= 4 is 28.8 Å². The van der Waals surface area contributed by atoms with Crippen LogP contribution in [0.1, 0.15) is 34.2 Å². The summed E-state index contributed by atoms with van der Waals surface area (Å²) in [4.78, 5) is 23.3. The summed E-state index contributed by atoms with van der Waals surface area (Å²) in [6.07, 6.45) is 5.17. The van der Waals surface area contributed by atoms with E-state index in [4.69, 9.17) is 11.6 Å². The average molecular weight is 312 g/mol. The van der Waals surface area contributed by atoms with E-state index in [0.29, 0.717) is 16.7 Å². The Morgan fingerprint density at radius 3 is 3.05 bits per heavy atom. The van der Waals surface area contributed by atoms with Gasteiger partial charge in [0.05, 0.1) is 6.04 Å². The van der Waals surface area contributed by atoms with Crippen molar-refractivity contribution in [2.24, 2.45) is 0 Å². The molecule has 2 aromatic heterocycles. The van der Waals surface area contributed by atoms with Crippen LogP contribution in [-0.2, 0) is 0 Å². The first-order chi connectivity index (χ1) is 9.65. The fraction of sp³-hybridized carbons (Fsp3) is 0.500. The number of likely N-dealkylation sites (tertiary alicyclic amines) is 1. The van der Waals surface area contributed by atoms with Crippen molar-refractivity contribution in [3.63, 3.8) is 0 Å². The van der Waals surface area contributed by atoms with E-state index in [9.17, 15) is 4.79 Å². The minimum atomic E-state index is -0.0459. The van der Waals surface area contributed by atoms with Crippen molar-refractivity contribution in [2.75, 3.05) is 13.1 Å². The van der Waals surface area contributed by atoms with E-state index in [2.05, 4.69) is 15.1 Å². The summed E-state index contributed by atoms with van der Waals surface area (Å²) in [6, 6.07) is 0.185. The summed E-state index contributed by atoms with van der Waals surface area (Å²) in [5, 5.41) is 4.16. The standard InChI is InChI=1S/C12H14ClN5OS/c1-8-10(16-12(13)20-8)11(19)17-4-2-3-9(5-17)18-7-14-6-15-18/h6-7,9H,2-5H2,1H3/t9-/m1/s1. The van der Waals surface area contributed by atoms with E-state index < -0.39 is 0 Å². The number of piperidine rings is 1. The lowest BCUT2D eigenvalue weighted by molar-refractivity contribution is 0.0667. The number of hydrogen-bond donors (Lipinski definition) is 0. The van der Waals surface area contributed by atoms with Gasteiger partial charge in [0.25, 0.3) is 5.91 Å². The van der Waals surface area contributed by atoms with Gasteiger partial charge in [-0.1, -0.05) is 11.6 Å². The first-order valence-electron chi connectivity index (χ1n) is 6.41. The van der Waals surface area contributed by atoms with Crippen LogP contribution >= 0.6 is 22.9 Å². The Kier molecular flexibility index (Phi) is 3.71.